The third-order valence-electron chi connectivity index (χ3n) is 3.79. The van der Waals surface area contributed by atoms with Crippen molar-refractivity contribution in [3.63, 3.8) is 0 Å². The summed E-state index contributed by atoms with van der Waals surface area (Å²) in [6, 6.07) is 10.6. The Bertz CT molecular complexity index is 956. The summed E-state index contributed by atoms with van der Waals surface area (Å²) in [7, 11) is 0. The van der Waals surface area contributed by atoms with E-state index in [1.807, 2.05) is 0 Å². The molecule has 28 heavy (non-hydrogen) atoms. The van der Waals surface area contributed by atoms with Gasteiger partial charge in [-0.2, -0.15) is 4.98 Å². The van der Waals surface area contributed by atoms with Gasteiger partial charge in [-0.25, -0.2) is 8.78 Å². The minimum absolute atomic E-state index is 0.123. The summed E-state index contributed by atoms with van der Waals surface area (Å²) in [5.41, 5.74) is 5.38. The number of halogens is 2. The molecule has 0 spiro atoms. The van der Waals surface area contributed by atoms with Gasteiger partial charge in [0.2, 0.25) is 17.6 Å². The van der Waals surface area contributed by atoms with Crippen molar-refractivity contribution in [1.29, 1.82) is 0 Å². The number of hydrogen-bond acceptors (Lipinski definition) is 5. The number of benzene rings is 2. The number of aryl methyl sites for hydroxylation is 1. The Balaban J connectivity index is 1.41. The van der Waals surface area contributed by atoms with E-state index in [4.69, 9.17) is 4.52 Å². The summed E-state index contributed by atoms with van der Waals surface area (Å²) in [5, 5.41) is 3.82. The van der Waals surface area contributed by atoms with Gasteiger partial charge in [0.05, 0.1) is 0 Å². The number of nitrogens with zero attached hydrogens (tertiary/aromatic N) is 2. The van der Waals surface area contributed by atoms with E-state index in [1.165, 1.54) is 24.3 Å². The van der Waals surface area contributed by atoms with Crippen LogP contribution in [0.4, 0.5) is 8.78 Å². The molecule has 1 aromatic heterocycles. The third-order valence-corrected chi connectivity index (χ3v) is 3.79. The smallest absolute Gasteiger partial charge is 0.269 e. The summed E-state index contributed by atoms with van der Waals surface area (Å²) < 4.78 is 30.9. The number of carbonyl (C=O) groups excluding carboxylic acids is 2. The molecule has 3 rings (SSSR count). The predicted molar refractivity (Wildman–Crippen MR) is 94.6 cm³/mol. The minimum Gasteiger partial charge on any atom is -0.339 e. The van der Waals surface area contributed by atoms with Crippen LogP contribution in [0.3, 0.4) is 0 Å². The molecule has 0 saturated heterocycles. The van der Waals surface area contributed by atoms with Crippen LogP contribution in [0.15, 0.2) is 53.1 Å². The van der Waals surface area contributed by atoms with Gasteiger partial charge in [-0.3, -0.25) is 20.4 Å². The second-order valence-electron chi connectivity index (χ2n) is 5.88. The monoisotopic (exact) mass is 386 g/mol. The van der Waals surface area contributed by atoms with E-state index < -0.39 is 17.6 Å². The molecular weight excluding hydrogens is 370 g/mol. The number of nitrogens with one attached hydrogen (secondary N) is 2. The Morgan fingerprint density at radius 2 is 1.57 bits per heavy atom. The van der Waals surface area contributed by atoms with Crippen molar-refractivity contribution < 1.29 is 22.9 Å². The van der Waals surface area contributed by atoms with Crippen LogP contribution in [0, 0.1) is 11.6 Å². The zero-order valence-corrected chi connectivity index (χ0v) is 14.6. The molecule has 0 radical (unpaired) electrons. The second-order valence-corrected chi connectivity index (χ2v) is 5.88. The van der Waals surface area contributed by atoms with Crippen LogP contribution in [-0.2, 0) is 11.2 Å². The van der Waals surface area contributed by atoms with Crippen LogP contribution in [0.1, 0.15) is 29.1 Å². The van der Waals surface area contributed by atoms with E-state index in [0.717, 1.165) is 12.1 Å². The lowest BCUT2D eigenvalue weighted by molar-refractivity contribution is -0.121. The first-order chi connectivity index (χ1) is 13.5. The molecule has 0 aliphatic rings. The van der Waals surface area contributed by atoms with Gasteiger partial charge in [-0.05, 0) is 55.0 Å². The van der Waals surface area contributed by atoms with Gasteiger partial charge in [-0.15, -0.1) is 0 Å². The Hall–Kier alpha value is -3.62. The summed E-state index contributed by atoms with van der Waals surface area (Å²) in [5.74, 6) is -1.06. The highest BCUT2D eigenvalue weighted by atomic mass is 19.1. The summed E-state index contributed by atoms with van der Waals surface area (Å²) in [6.45, 7) is 0. The number of hydrogen-bond donors (Lipinski definition) is 2. The first-order valence-electron chi connectivity index (χ1n) is 8.44. The summed E-state index contributed by atoms with van der Waals surface area (Å²) >= 11 is 0. The highest BCUT2D eigenvalue weighted by Gasteiger charge is 2.11. The van der Waals surface area contributed by atoms with Crippen LogP contribution in [0.25, 0.3) is 11.4 Å². The Kier molecular flexibility index (Phi) is 6.05. The quantitative estimate of drug-likeness (QED) is 0.635. The molecule has 1 heterocycles. The Labute approximate surface area is 158 Å². The number of amides is 2. The number of rotatable bonds is 6. The van der Waals surface area contributed by atoms with Crippen LogP contribution in [-0.4, -0.2) is 22.0 Å². The van der Waals surface area contributed by atoms with Crippen molar-refractivity contribution in [2.24, 2.45) is 0 Å². The zero-order valence-electron chi connectivity index (χ0n) is 14.6. The fourth-order valence-electron chi connectivity index (χ4n) is 2.34. The molecule has 2 aromatic carbocycles. The summed E-state index contributed by atoms with van der Waals surface area (Å²) in [4.78, 5) is 27.8. The number of hydrazine groups is 1. The Morgan fingerprint density at radius 3 is 2.25 bits per heavy atom. The molecule has 2 N–H and O–H groups in total. The van der Waals surface area contributed by atoms with Gasteiger partial charge >= 0.3 is 0 Å². The minimum atomic E-state index is -0.547. The molecule has 0 bridgehead atoms. The highest BCUT2D eigenvalue weighted by molar-refractivity contribution is 5.95. The van der Waals surface area contributed by atoms with Crippen LogP contribution in [0.5, 0.6) is 0 Å². The van der Waals surface area contributed by atoms with Gasteiger partial charge in [0, 0.05) is 24.0 Å². The van der Waals surface area contributed by atoms with Gasteiger partial charge in [0.1, 0.15) is 11.6 Å². The van der Waals surface area contributed by atoms with E-state index in [1.54, 1.807) is 12.1 Å². The second kappa shape index (κ2) is 8.85. The molecule has 0 atom stereocenters. The van der Waals surface area contributed by atoms with Crippen LogP contribution in [0.2, 0.25) is 0 Å². The number of carbonyl (C=O) groups is 2. The van der Waals surface area contributed by atoms with Crippen molar-refractivity contribution in [1.82, 2.24) is 21.0 Å². The average Bonchev–Trinajstić information content (AvgIpc) is 3.16. The third kappa shape index (κ3) is 5.19. The lowest BCUT2D eigenvalue weighted by Crippen LogP contribution is -2.41. The fourth-order valence-corrected chi connectivity index (χ4v) is 2.34. The van der Waals surface area contributed by atoms with Gasteiger partial charge < -0.3 is 4.52 Å². The van der Waals surface area contributed by atoms with Crippen molar-refractivity contribution in [3.8, 4) is 11.4 Å². The maximum absolute atomic E-state index is 12.9. The Morgan fingerprint density at radius 1 is 0.929 bits per heavy atom. The van der Waals surface area contributed by atoms with Crippen molar-refractivity contribution >= 4 is 11.8 Å². The standard InChI is InChI=1S/C19H16F2N4O3/c20-14-8-4-12(5-9-14)18-22-17(28-25-18)3-1-2-16(26)23-24-19(27)13-6-10-15(21)11-7-13/h4-11H,1-3H2,(H,23,26)(H,24,27). The molecule has 0 aliphatic heterocycles. The molecule has 7 nitrogen and oxygen atoms in total. The first kappa shape index (κ1) is 19.2. The molecule has 0 aliphatic carbocycles. The van der Waals surface area contributed by atoms with Crippen molar-refractivity contribution in [3.05, 3.63) is 71.6 Å². The van der Waals surface area contributed by atoms with Gasteiger partial charge in [0.15, 0.2) is 0 Å². The van der Waals surface area contributed by atoms with E-state index in [-0.39, 0.29) is 17.8 Å². The topological polar surface area (TPSA) is 97.1 Å². The molecule has 0 saturated carbocycles. The van der Waals surface area contributed by atoms with E-state index in [2.05, 4.69) is 21.0 Å². The zero-order chi connectivity index (χ0) is 19.9. The molecule has 0 fully saturated rings. The van der Waals surface area contributed by atoms with Crippen molar-refractivity contribution in [2.75, 3.05) is 0 Å². The van der Waals surface area contributed by atoms with Crippen LogP contribution >= 0.6 is 0 Å². The molecule has 3 aromatic rings. The normalized spacial score (nSPS) is 10.5. The first-order valence-corrected chi connectivity index (χ1v) is 8.44. The lowest BCUT2D eigenvalue weighted by atomic mass is 10.2. The van der Waals surface area contributed by atoms with E-state index >= 15 is 0 Å². The maximum atomic E-state index is 12.9. The van der Waals surface area contributed by atoms with E-state index in [9.17, 15) is 18.4 Å². The average molecular weight is 386 g/mol. The molecular formula is C19H16F2N4O3. The van der Waals surface area contributed by atoms with Crippen molar-refractivity contribution in [2.45, 2.75) is 19.3 Å². The highest BCUT2D eigenvalue weighted by Crippen LogP contribution is 2.16. The van der Waals surface area contributed by atoms with Gasteiger partial charge in [0.25, 0.3) is 5.91 Å². The fraction of sp³-hybridized carbons (Fsp3) is 0.158. The van der Waals surface area contributed by atoms with E-state index in [0.29, 0.717) is 30.1 Å². The molecule has 144 valence electrons. The lowest BCUT2D eigenvalue weighted by Gasteiger charge is -2.06. The molecule has 9 heteroatoms. The number of aromatic nitrogens is 2. The summed E-state index contributed by atoms with van der Waals surface area (Å²) in [6.07, 6.45) is 0.911. The SMILES string of the molecule is O=C(CCCc1nc(-c2ccc(F)cc2)no1)NNC(=O)c1ccc(F)cc1. The molecule has 2 amide bonds. The molecule has 0 unspecified atom stereocenters. The largest absolute Gasteiger partial charge is 0.339 e. The van der Waals surface area contributed by atoms with Crippen LogP contribution < -0.4 is 10.9 Å². The predicted octanol–water partition coefficient (Wildman–Crippen LogP) is 2.80. The van der Waals surface area contributed by atoms with Gasteiger partial charge in [-0.1, -0.05) is 5.16 Å². The maximum Gasteiger partial charge on any atom is 0.269 e.